The molecule has 4 nitrogen and oxygen atoms in total. The number of hydrogen-bond donors (Lipinski definition) is 2. The summed E-state index contributed by atoms with van der Waals surface area (Å²) < 4.78 is 5.39. The molecule has 100 valence electrons. The van der Waals surface area contributed by atoms with E-state index in [0.717, 1.165) is 37.2 Å². The molecule has 4 heteroatoms. The number of aromatic nitrogens is 1. The quantitative estimate of drug-likeness (QED) is 0.814. The molecule has 1 aliphatic rings. The summed E-state index contributed by atoms with van der Waals surface area (Å²) in [5, 5.41) is 6.89. The Morgan fingerprint density at radius 1 is 1.33 bits per heavy atom. The first kappa shape index (κ1) is 13.1. The monoisotopic (exact) mass is 249 g/mol. The number of anilines is 2. The summed E-state index contributed by atoms with van der Waals surface area (Å²) in [5.41, 5.74) is 2.18. The van der Waals surface area contributed by atoms with Crippen LogP contribution in [0.15, 0.2) is 18.5 Å². The number of rotatable bonds is 6. The summed E-state index contributed by atoms with van der Waals surface area (Å²) in [6.07, 6.45) is 8.70. The Kier molecular flexibility index (Phi) is 4.81. The number of ether oxygens (including phenoxy) is 1. The summed E-state index contributed by atoms with van der Waals surface area (Å²) in [5.74, 6) is 0. The first-order valence-corrected chi connectivity index (χ1v) is 6.80. The summed E-state index contributed by atoms with van der Waals surface area (Å²) in [6, 6.07) is 2.64. The smallest absolute Gasteiger partial charge is 0.0591 e. The van der Waals surface area contributed by atoms with Gasteiger partial charge >= 0.3 is 0 Å². The maximum atomic E-state index is 5.39. The summed E-state index contributed by atoms with van der Waals surface area (Å²) in [4.78, 5) is 4.26. The highest BCUT2D eigenvalue weighted by atomic mass is 16.5. The first-order valence-electron chi connectivity index (χ1n) is 6.80. The van der Waals surface area contributed by atoms with Crippen LogP contribution in [0.4, 0.5) is 11.4 Å². The normalized spacial score (nSPS) is 23.0. The molecule has 0 amide bonds. The zero-order chi connectivity index (χ0) is 12.8. The van der Waals surface area contributed by atoms with Crippen LogP contribution in [0.1, 0.15) is 32.6 Å². The van der Waals surface area contributed by atoms with Crippen LogP contribution in [0, 0.1) is 0 Å². The van der Waals surface area contributed by atoms with Crippen molar-refractivity contribution in [3.63, 3.8) is 0 Å². The second-order valence-electron chi connectivity index (χ2n) is 4.90. The molecule has 0 spiro atoms. The zero-order valence-corrected chi connectivity index (χ0v) is 11.3. The largest absolute Gasteiger partial charge is 0.384 e. The lowest BCUT2D eigenvalue weighted by Gasteiger charge is -2.15. The number of pyridine rings is 1. The molecule has 0 radical (unpaired) electrons. The summed E-state index contributed by atoms with van der Waals surface area (Å²) in [7, 11) is 1.80. The standard InChI is InChI=1S/C14H23N3O/c1-3-6-16-12-7-13(10-15-9-12)17-11-4-5-14(8-11)18-2/h7,9-11,14,16-17H,3-6,8H2,1-2H3. The van der Waals surface area contributed by atoms with E-state index in [0.29, 0.717) is 12.1 Å². The van der Waals surface area contributed by atoms with Gasteiger partial charge in [0.1, 0.15) is 0 Å². The molecule has 2 atom stereocenters. The maximum absolute atomic E-state index is 5.39. The second-order valence-corrected chi connectivity index (χ2v) is 4.90. The second kappa shape index (κ2) is 6.59. The van der Waals surface area contributed by atoms with Crippen LogP contribution in [0.5, 0.6) is 0 Å². The van der Waals surface area contributed by atoms with Gasteiger partial charge in [-0.15, -0.1) is 0 Å². The zero-order valence-electron chi connectivity index (χ0n) is 11.3. The highest BCUT2D eigenvalue weighted by Crippen LogP contribution is 2.25. The molecule has 18 heavy (non-hydrogen) atoms. The van der Waals surface area contributed by atoms with Gasteiger partial charge in [-0.3, -0.25) is 4.98 Å². The van der Waals surface area contributed by atoms with Crippen molar-refractivity contribution < 1.29 is 4.74 Å². The van der Waals surface area contributed by atoms with Crippen molar-refractivity contribution in [2.24, 2.45) is 0 Å². The average molecular weight is 249 g/mol. The van der Waals surface area contributed by atoms with E-state index in [4.69, 9.17) is 4.74 Å². The van der Waals surface area contributed by atoms with Crippen LogP contribution in [0.2, 0.25) is 0 Å². The molecule has 1 aliphatic carbocycles. The predicted molar refractivity (Wildman–Crippen MR) is 75.1 cm³/mol. The van der Waals surface area contributed by atoms with Crippen molar-refractivity contribution in [1.82, 2.24) is 4.98 Å². The minimum Gasteiger partial charge on any atom is -0.384 e. The van der Waals surface area contributed by atoms with E-state index >= 15 is 0 Å². The molecule has 2 rings (SSSR count). The molecule has 0 bridgehead atoms. The Hall–Kier alpha value is -1.29. The third-order valence-corrected chi connectivity index (χ3v) is 3.41. The van der Waals surface area contributed by atoms with E-state index in [-0.39, 0.29) is 0 Å². The molecule has 1 aromatic heterocycles. The van der Waals surface area contributed by atoms with Gasteiger partial charge in [0, 0.05) is 19.7 Å². The number of methoxy groups -OCH3 is 1. The van der Waals surface area contributed by atoms with E-state index < -0.39 is 0 Å². The molecule has 1 aromatic rings. The van der Waals surface area contributed by atoms with E-state index in [9.17, 15) is 0 Å². The molecule has 1 saturated carbocycles. The van der Waals surface area contributed by atoms with Crippen molar-refractivity contribution in [1.29, 1.82) is 0 Å². The highest BCUT2D eigenvalue weighted by molar-refractivity contribution is 5.54. The van der Waals surface area contributed by atoms with Gasteiger partial charge in [-0.05, 0) is 31.7 Å². The third-order valence-electron chi connectivity index (χ3n) is 3.41. The van der Waals surface area contributed by atoms with Crippen LogP contribution in [0.3, 0.4) is 0 Å². The molecule has 2 unspecified atom stereocenters. The Balaban J connectivity index is 1.89. The van der Waals surface area contributed by atoms with Gasteiger partial charge in [0.05, 0.1) is 29.9 Å². The highest BCUT2D eigenvalue weighted by Gasteiger charge is 2.24. The van der Waals surface area contributed by atoms with E-state index in [1.165, 1.54) is 6.42 Å². The predicted octanol–water partition coefficient (Wildman–Crippen LogP) is 2.88. The van der Waals surface area contributed by atoms with Gasteiger partial charge in [0.15, 0.2) is 0 Å². The van der Waals surface area contributed by atoms with Gasteiger partial charge in [-0.2, -0.15) is 0 Å². The summed E-state index contributed by atoms with van der Waals surface area (Å²) >= 11 is 0. The van der Waals surface area contributed by atoms with E-state index in [1.807, 2.05) is 12.4 Å². The SMILES string of the molecule is CCCNc1cncc(NC2CCC(OC)C2)c1. The Bertz CT molecular complexity index is 370. The fourth-order valence-electron chi connectivity index (χ4n) is 2.41. The van der Waals surface area contributed by atoms with Crippen molar-refractivity contribution in [2.45, 2.75) is 44.8 Å². The molecule has 1 heterocycles. The van der Waals surface area contributed by atoms with Crippen LogP contribution in [-0.2, 0) is 4.74 Å². The lowest BCUT2D eigenvalue weighted by Crippen LogP contribution is -2.17. The molecule has 0 saturated heterocycles. The number of nitrogens with one attached hydrogen (secondary N) is 2. The van der Waals surface area contributed by atoms with Crippen LogP contribution < -0.4 is 10.6 Å². The molecular formula is C14H23N3O. The van der Waals surface area contributed by atoms with Crippen molar-refractivity contribution >= 4 is 11.4 Å². The molecule has 0 aliphatic heterocycles. The van der Waals surface area contributed by atoms with Crippen molar-refractivity contribution in [3.05, 3.63) is 18.5 Å². The summed E-state index contributed by atoms with van der Waals surface area (Å²) in [6.45, 7) is 3.15. The van der Waals surface area contributed by atoms with E-state index in [2.05, 4.69) is 28.6 Å². The van der Waals surface area contributed by atoms with Crippen LogP contribution in [-0.4, -0.2) is 30.8 Å². The van der Waals surface area contributed by atoms with Gasteiger partial charge in [0.25, 0.3) is 0 Å². The van der Waals surface area contributed by atoms with Crippen molar-refractivity contribution in [3.8, 4) is 0 Å². The fourth-order valence-corrected chi connectivity index (χ4v) is 2.41. The van der Waals surface area contributed by atoms with Crippen molar-refractivity contribution in [2.75, 3.05) is 24.3 Å². The van der Waals surface area contributed by atoms with Gasteiger partial charge < -0.3 is 15.4 Å². The number of nitrogens with zero attached hydrogens (tertiary/aromatic N) is 1. The molecular weight excluding hydrogens is 226 g/mol. The Morgan fingerprint density at radius 2 is 2.17 bits per heavy atom. The van der Waals surface area contributed by atoms with Crippen LogP contribution in [0.25, 0.3) is 0 Å². The maximum Gasteiger partial charge on any atom is 0.0591 e. The lowest BCUT2D eigenvalue weighted by atomic mass is 10.2. The fraction of sp³-hybridized carbons (Fsp3) is 0.643. The van der Waals surface area contributed by atoms with E-state index in [1.54, 1.807) is 7.11 Å². The average Bonchev–Trinajstić information content (AvgIpc) is 2.84. The molecule has 0 aromatic carbocycles. The number of hydrogen-bond acceptors (Lipinski definition) is 4. The molecule has 2 N–H and O–H groups in total. The minimum absolute atomic E-state index is 0.414. The lowest BCUT2D eigenvalue weighted by molar-refractivity contribution is 0.108. The van der Waals surface area contributed by atoms with Crippen LogP contribution >= 0.6 is 0 Å². The third kappa shape index (κ3) is 3.60. The van der Waals surface area contributed by atoms with Gasteiger partial charge in [0.2, 0.25) is 0 Å². The Morgan fingerprint density at radius 3 is 2.89 bits per heavy atom. The van der Waals surface area contributed by atoms with Gasteiger partial charge in [-0.25, -0.2) is 0 Å². The first-order chi connectivity index (χ1) is 8.81. The molecule has 1 fully saturated rings. The minimum atomic E-state index is 0.414. The topological polar surface area (TPSA) is 46.2 Å². The Labute approximate surface area is 109 Å². The van der Waals surface area contributed by atoms with Gasteiger partial charge in [-0.1, -0.05) is 6.92 Å².